The molecule has 4 nitrogen and oxygen atoms in total. The van der Waals surface area contributed by atoms with Crippen LogP contribution in [-0.2, 0) is 0 Å². The fourth-order valence-corrected chi connectivity index (χ4v) is 2.64. The van der Waals surface area contributed by atoms with Crippen LogP contribution in [0, 0.1) is 18.8 Å². The lowest BCUT2D eigenvalue weighted by atomic mass is 9.78. The lowest BCUT2D eigenvalue weighted by Gasteiger charge is -2.34. The Bertz CT molecular complexity index is 371. The average Bonchev–Trinajstić information content (AvgIpc) is 2.23. The Morgan fingerprint density at radius 1 is 1.29 bits per heavy atom. The molecule has 0 saturated heterocycles. The number of nitrogens with zero attached hydrogens (tertiary/aromatic N) is 2. The van der Waals surface area contributed by atoms with Gasteiger partial charge >= 0.3 is 0 Å². The van der Waals surface area contributed by atoms with Crippen molar-refractivity contribution in [1.29, 1.82) is 0 Å². The summed E-state index contributed by atoms with van der Waals surface area (Å²) in [5, 5.41) is 3.51. The van der Waals surface area contributed by atoms with E-state index in [4.69, 9.17) is 5.73 Å². The fraction of sp³-hybridized carbons (Fsp3) is 0.692. The molecule has 1 aliphatic carbocycles. The van der Waals surface area contributed by atoms with Crippen LogP contribution >= 0.6 is 0 Å². The van der Waals surface area contributed by atoms with Crippen LogP contribution in [0.5, 0.6) is 0 Å². The Morgan fingerprint density at radius 2 is 2.06 bits per heavy atom. The Labute approximate surface area is 103 Å². The number of aromatic nitrogens is 2. The van der Waals surface area contributed by atoms with Gasteiger partial charge in [0.15, 0.2) is 0 Å². The maximum atomic E-state index is 5.74. The Hall–Kier alpha value is -1.32. The zero-order valence-corrected chi connectivity index (χ0v) is 10.9. The van der Waals surface area contributed by atoms with E-state index in [0.29, 0.717) is 17.8 Å². The molecule has 1 aromatic rings. The maximum Gasteiger partial charge on any atom is 0.132 e. The van der Waals surface area contributed by atoms with Gasteiger partial charge in [-0.3, -0.25) is 0 Å². The van der Waals surface area contributed by atoms with Crippen LogP contribution in [0.3, 0.4) is 0 Å². The van der Waals surface area contributed by atoms with Gasteiger partial charge in [0.25, 0.3) is 0 Å². The minimum Gasteiger partial charge on any atom is -0.384 e. The molecule has 3 atom stereocenters. The molecule has 1 aliphatic rings. The quantitative estimate of drug-likeness (QED) is 0.825. The monoisotopic (exact) mass is 234 g/mol. The molecule has 17 heavy (non-hydrogen) atoms. The second-order valence-corrected chi connectivity index (χ2v) is 5.24. The number of nitrogens with one attached hydrogen (secondary N) is 1. The first-order chi connectivity index (χ1) is 8.06. The molecule has 3 N–H and O–H groups in total. The molecule has 4 heteroatoms. The van der Waals surface area contributed by atoms with Gasteiger partial charge in [-0.05, 0) is 25.2 Å². The predicted molar refractivity (Wildman–Crippen MR) is 70.8 cm³/mol. The van der Waals surface area contributed by atoms with Crippen molar-refractivity contribution in [1.82, 2.24) is 9.97 Å². The summed E-state index contributed by atoms with van der Waals surface area (Å²) >= 11 is 0. The average molecular weight is 234 g/mol. The Balaban J connectivity index is 2.09. The van der Waals surface area contributed by atoms with Crippen LogP contribution in [-0.4, -0.2) is 16.0 Å². The van der Waals surface area contributed by atoms with Gasteiger partial charge in [-0.15, -0.1) is 0 Å². The van der Waals surface area contributed by atoms with Crippen LogP contribution in [0.4, 0.5) is 11.6 Å². The van der Waals surface area contributed by atoms with Crippen LogP contribution in [0.1, 0.15) is 38.9 Å². The normalized spacial score (nSPS) is 29.0. The van der Waals surface area contributed by atoms with Crippen molar-refractivity contribution < 1.29 is 0 Å². The van der Waals surface area contributed by atoms with Crippen molar-refractivity contribution in [2.24, 2.45) is 11.8 Å². The highest BCUT2D eigenvalue weighted by Crippen LogP contribution is 2.31. The molecule has 1 saturated carbocycles. The van der Waals surface area contributed by atoms with E-state index in [1.165, 1.54) is 19.3 Å². The number of nitrogen functional groups attached to an aromatic ring is 1. The van der Waals surface area contributed by atoms with Crippen LogP contribution in [0.2, 0.25) is 0 Å². The minimum atomic E-state index is 0.507. The summed E-state index contributed by atoms with van der Waals surface area (Å²) in [6, 6.07) is 2.33. The maximum absolute atomic E-state index is 5.74. The summed E-state index contributed by atoms with van der Waals surface area (Å²) < 4.78 is 0. The van der Waals surface area contributed by atoms with Gasteiger partial charge in [0.2, 0.25) is 0 Å². The molecule has 2 rings (SSSR count). The second kappa shape index (κ2) is 4.90. The van der Waals surface area contributed by atoms with Gasteiger partial charge in [0.1, 0.15) is 17.5 Å². The third-order valence-corrected chi connectivity index (χ3v) is 3.90. The smallest absolute Gasteiger partial charge is 0.132 e. The van der Waals surface area contributed by atoms with Gasteiger partial charge in [-0.2, -0.15) is 0 Å². The van der Waals surface area contributed by atoms with E-state index >= 15 is 0 Å². The number of aryl methyl sites for hydroxylation is 1. The van der Waals surface area contributed by atoms with E-state index in [9.17, 15) is 0 Å². The lowest BCUT2D eigenvalue weighted by Crippen LogP contribution is -2.35. The number of nitrogens with two attached hydrogens (primary N) is 1. The predicted octanol–water partition coefficient (Wildman–Crippen LogP) is 2.60. The van der Waals surface area contributed by atoms with E-state index in [2.05, 4.69) is 29.1 Å². The van der Waals surface area contributed by atoms with Crippen molar-refractivity contribution in [2.45, 2.75) is 46.1 Å². The molecule has 3 unspecified atom stereocenters. The molecule has 1 heterocycles. The highest BCUT2D eigenvalue weighted by Gasteiger charge is 2.27. The fourth-order valence-electron chi connectivity index (χ4n) is 2.64. The zero-order valence-electron chi connectivity index (χ0n) is 10.9. The van der Waals surface area contributed by atoms with Crippen LogP contribution < -0.4 is 11.1 Å². The highest BCUT2D eigenvalue weighted by atomic mass is 15.1. The first kappa shape index (κ1) is 12.1. The summed E-state index contributed by atoms with van der Waals surface area (Å²) in [7, 11) is 0. The number of rotatable bonds is 2. The van der Waals surface area contributed by atoms with Gasteiger partial charge in [-0.1, -0.05) is 26.7 Å². The molecule has 0 amide bonds. The number of hydrogen-bond donors (Lipinski definition) is 2. The van der Waals surface area contributed by atoms with E-state index in [-0.39, 0.29) is 0 Å². The van der Waals surface area contributed by atoms with Crippen molar-refractivity contribution in [3.05, 3.63) is 11.9 Å². The van der Waals surface area contributed by atoms with Gasteiger partial charge in [0, 0.05) is 12.1 Å². The SMILES string of the molecule is Cc1nc(N)cc(NC2CCCC(C)C2C)n1. The minimum absolute atomic E-state index is 0.507. The molecule has 94 valence electrons. The van der Waals surface area contributed by atoms with Crippen molar-refractivity contribution >= 4 is 11.6 Å². The van der Waals surface area contributed by atoms with E-state index < -0.39 is 0 Å². The molecular weight excluding hydrogens is 212 g/mol. The topological polar surface area (TPSA) is 63.8 Å². The number of hydrogen-bond acceptors (Lipinski definition) is 4. The standard InChI is InChI=1S/C13H22N4/c1-8-5-4-6-11(9(8)2)17-13-7-12(14)15-10(3)16-13/h7-9,11H,4-6H2,1-3H3,(H3,14,15,16,17). The van der Waals surface area contributed by atoms with Crippen LogP contribution in [0.15, 0.2) is 6.07 Å². The molecule has 0 bridgehead atoms. The first-order valence-corrected chi connectivity index (χ1v) is 6.44. The summed E-state index contributed by atoms with van der Waals surface area (Å²) in [5.74, 6) is 3.59. The Morgan fingerprint density at radius 3 is 2.76 bits per heavy atom. The van der Waals surface area contributed by atoms with Crippen LogP contribution in [0.25, 0.3) is 0 Å². The highest BCUT2D eigenvalue weighted by molar-refractivity contribution is 5.45. The summed E-state index contributed by atoms with van der Waals surface area (Å²) in [6.45, 7) is 6.52. The molecule has 1 fully saturated rings. The third kappa shape index (κ3) is 2.87. The summed E-state index contributed by atoms with van der Waals surface area (Å²) in [6.07, 6.45) is 3.85. The zero-order chi connectivity index (χ0) is 12.4. The van der Waals surface area contributed by atoms with Gasteiger partial charge in [0.05, 0.1) is 0 Å². The van der Waals surface area contributed by atoms with E-state index in [1.807, 2.05) is 13.0 Å². The molecule has 1 aromatic heterocycles. The Kier molecular flexibility index (Phi) is 3.50. The second-order valence-electron chi connectivity index (χ2n) is 5.24. The van der Waals surface area contributed by atoms with Crippen molar-refractivity contribution in [3.63, 3.8) is 0 Å². The van der Waals surface area contributed by atoms with Gasteiger partial charge in [-0.25, -0.2) is 9.97 Å². The largest absolute Gasteiger partial charge is 0.384 e. The van der Waals surface area contributed by atoms with Crippen molar-refractivity contribution in [2.75, 3.05) is 11.1 Å². The molecule has 0 spiro atoms. The van der Waals surface area contributed by atoms with Crippen molar-refractivity contribution in [3.8, 4) is 0 Å². The molecule has 0 radical (unpaired) electrons. The van der Waals surface area contributed by atoms with Gasteiger partial charge < -0.3 is 11.1 Å². The molecule has 0 aromatic carbocycles. The lowest BCUT2D eigenvalue weighted by molar-refractivity contribution is 0.253. The molecular formula is C13H22N4. The van der Waals surface area contributed by atoms with E-state index in [1.54, 1.807) is 0 Å². The summed E-state index contributed by atoms with van der Waals surface area (Å²) in [5.41, 5.74) is 5.74. The first-order valence-electron chi connectivity index (χ1n) is 6.44. The summed E-state index contributed by atoms with van der Waals surface area (Å²) in [4.78, 5) is 8.47. The third-order valence-electron chi connectivity index (χ3n) is 3.90. The van der Waals surface area contributed by atoms with E-state index in [0.717, 1.165) is 17.6 Å². The molecule has 0 aliphatic heterocycles. The number of anilines is 2.